The van der Waals surface area contributed by atoms with Crippen molar-refractivity contribution in [3.05, 3.63) is 89.5 Å². The Morgan fingerprint density at radius 2 is 0.917 bits per heavy atom. The Kier molecular flexibility index (Phi) is 21.6. The molecule has 0 saturated heterocycles. The molecule has 0 aliphatic carbocycles. The summed E-state index contributed by atoms with van der Waals surface area (Å²) in [6.07, 6.45) is 3.08. The van der Waals surface area contributed by atoms with Crippen LogP contribution in [0.1, 0.15) is 131 Å². The Morgan fingerprint density at radius 1 is 0.521 bits per heavy atom. The Morgan fingerprint density at radius 3 is 1.27 bits per heavy atom. The van der Waals surface area contributed by atoms with Crippen LogP contribution in [0.5, 0.6) is 17.2 Å². The monoisotopic (exact) mass is 666 g/mol. The van der Waals surface area contributed by atoms with Gasteiger partial charge >= 0.3 is 0 Å². The molecule has 0 fully saturated rings. The third kappa shape index (κ3) is 16.9. The van der Waals surface area contributed by atoms with E-state index in [-0.39, 0.29) is 18.0 Å². The van der Waals surface area contributed by atoms with Gasteiger partial charge in [-0.3, -0.25) is 0 Å². The minimum atomic E-state index is -0.190. The highest BCUT2D eigenvalue weighted by Crippen LogP contribution is 2.28. The molecule has 0 heterocycles. The van der Waals surface area contributed by atoms with Crippen LogP contribution >= 0.6 is 0 Å². The van der Waals surface area contributed by atoms with Crippen LogP contribution in [0.15, 0.2) is 72.8 Å². The number of hydrogen-bond donors (Lipinski definition) is 0. The summed E-state index contributed by atoms with van der Waals surface area (Å²) >= 11 is 0. The topological polar surface area (TPSA) is 55.4 Å². The van der Waals surface area contributed by atoms with Crippen LogP contribution in [-0.4, -0.2) is 39.2 Å². The fourth-order valence-corrected chi connectivity index (χ4v) is 4.54. The summed E-state index contributed by atoms with van der Waals surface area (Å²) in [6.45, 7) is 27.6. The molecule has 0 aliphatic heterocycles. The van der Waals surface area contributed by atoms with Gasteiger partial charge in [-0.1, -0.05) is 84.9 Å². The maximum Gasteiger partial charge on any atom is 0.196 e. The average molecular weight is 667 g/mol. The molecule has 0 amide bonds. The first-order chi connectivity index (χ1) is 22.9. The molecule has 3 rings (SSSR count). The molecule has 4 atom stereocenters. The van der Waals surface area contributed by atoms with Crippen molar-refractivity contribution < 1.29 is 28.4 Å². The van der Waals surface area contributed by atoms with Crippen molar-refractivity contribution in [1.29, 1.82) is 0 Å². The summed E-state index contributed by atoms with van der Waals surface area (Å²) in [5.41, 5.74) is 4.29. The summed E-state index contributed by atoms with van der Waals surface area (Å²) in [5.74, 6) is 3.83. The van der Waals surface area contributed by atoms with Crippen molar-refractivity contribution in [3.8, 4) is 17.2 Å². The highest BCUT2D eigenvalue weighted by molar-refractivity contribution is 5.32. The molecule has 3 aromatic rings. The van der Waals surface area contributed by atoms with Crippen molar-refractivity contribution in [3.63, 3.8) is 0 Å². The molecule has 0 radical (unpaired) electrons. The number of rotatable bonds is 18. The molecule has 3 aromatic carbocycles. The first kappa shape index (κ1) is 43.0. The van der Waals surface area contributed by atoms with Crippen molar-refractivity contribution in [2.75, 3.05) is 26.6 Å². The summed E-state index contributed by atoms with van der Waals surface area (Å²) in [4.78, 5) is 0. The predicted molar refractivity (Wildman–Crippen MR) is 201 cm³/mol. The second-order valence-electron chi connectivity index (χ2n) is 12.6. The van der Waals surface area contributed by atoms with Crippen LogP contribution in [0.4, 0.5) is 0 Å². The number of ether oxygens (including phenoxy) is 6. The van der Waals surface area contributed by atoms with Crippen molar-refractivity contribution in [1.82, 2.24) is 0 Å². The van der Waals surface area contributed by atoms with Gasteiger partial charge in [0.1, 0.15) is 17.2 Å². The van der Waals surface area contributed by atoms with Crippen LogP contribution in [0.3, 0.4) is 0 Å². The molecule has 0 aromatic heterocycles. The van der Waals surface area contributed by atoms with Gasteiger partial charge in [-0.2, -0.15) is 0 Å². The average Bonchev–Trinajstić information content (AvgIpc) is 3.09. The Bertz CT molecular complexity index is 1190. The van der Waals surface area contributed by atoms with E-state index >= 15 is 0 Å². The van der Waals surface area contributed by atoms with Crippen LogP contribution in [-0.2, 0) is 19.6 Å². The van der Waals surface area contributed by atoms with Crippen LogP contribution in [0.2, 0.25) is 0 Å². The zero-order valence-electron chi connectivity index (χ0n) is 32.1. The standard InChI is InChI=1S/C15H24O2.C14H22O2.C13H20O2/c1-6-15(4,5)13-8-10-14(11-9-13)17-12(3)16-7-2;1-5-11(3)13-7-9-14(10-8-13)16-12(4)15-6-2;1-4-11(3)12-6-8-13(9-7-12)15-10-14-5-2/h8-12H,6-7H2,1-5H3;7-12H,5-6H2,1-4H3;6-9,11H,4-5,10H2,1-3H3. The molecule has 0 bridgehead atoms. The van der Waals surface area contributed by atoms with Crippen LogP contribution in [0, 0.1) is 0 Å². The van der Waals surface area contributed by atoms with Gasteiger partial charge in [-0.05, 0) is 124 Å². The van der Waals surface area contributed by atoms with E-state index in [4.69, 9.17) is 28.4 Å². The highest BCUT2D eigenvalue weighted by Gasteiger charge is 2.17. The van der Waals surface area contributed by atoms with Gasteiger partial charge in [-0.25, -0.2) is 0 Å². The molecule has 48 heavy (non-hydrogen) atoms. The lowest BCUT2D eigenvalue weighted by Crippen LogP contribution is -2.17. The third-order valence-corrected chi connectivity index (χ3v) is 8.56. The third-order valence-electron chi connectivity index (χ3n) is 8.56. The molecular weight excluding hydrogens is 600 g/mol. The smallest absolute Gasteiger partial charge is 0.196 e. The van der Waals surface area contributed by atoms with Gasteiger partial charge in [0, 0.05) is 19.8 Å². The molecule has 4 unspecified atom stereocenters. The summed E-state index contributed by atoms with van der Waals surface area (Å²) in [5, 5.41) is 0. The molecule has 6 heteroatoms. The van der Waals surface area contributed by atoms with E-state index in [0.29, 0.717) is 38.4 Å². The van der Waals surface area contributed by atoms with E-state index in [2.05, 4.69) is 84.9 Å². The lowest BCUT2D eigenvalue weighted by atomic mass is 9.82. The summed E-state index contributed by atoms with van der Waals surface area (Å²) in [6, 6.07) is 24.8. The predicted octanol–water partition coefficient (Wildman–Crippen LogP) is 11.7. The maximum atomic E-state index is 5.63. The quantitative estimate of drug-likeness (QED) is 0.0995. The number of benzene rings is 3. The van der Waals surface area contributed by atoms with E-state index in [1.54, 1.807) is 0 Å². The largest absolute Gasteiger partial charge is 0.468 e. The molecule has 0 spiro atoms. The van der Waals surface area contributed by atoms with E-state index in [1.165, 1.54) is 23.1 Å². The van der Waals surface area contributed by atoms with E-state index in [0.717, 1.165) is 30.1 Å². The lowest BCUT2D eigenvalue weighted by molar-refractivity contribution is -0.0616. The Hall–Kier alpha value is -3.06. The van der Waals surface area contributed by atoms with Gasteiger partial charge in [0.25, 0.3) is 0 Å². The van der Waals surface area contributed by atoms with Crippen molar-refractivity contribution >= 4 is 0 Å². The first-order valence-corrected chi connectivity index (χ1v) is 18.0. The van der Waals surface area contributed by atoms with Gasteiger partial charge in [0.05, 0.1) is 0 Å². The zero-order chi connectivity index (χ0) is 36.0. The second kappa shape index (κ2) is 24.1. The molecular formula is C42H66O6. The van der Waals surface area contributed by atoms with Gasteiger partial charge in [-0.15, -0.1) is 0 Å². The van der Waals surface area contributed by atoms with Crippen molar-refractivity contribution in [2.24, 2.45) is 0 Å². The molecule has 6 nitrogen and oxygen atoms in total. The molecule has 0 saturated carbocycles. The SMILES string of the molecule is CCOC(C)Oc1ccc(C(C)(C)CC)cc1.CCOC(C)Oc1ccc(C(C)CC)cc1.CCOCOc1ccc(C(C)CC)cc1. The zero-order valence-corrected chi connectivity index (χ0v) is 32.1. The molecule has 0 N–H and O–H groups in total. The van der Waals surface area contributed by atoms with E-state index in [9.17, 15) is 0 Å². The van der Waals surface area contributed by atoms with Gasteiger partial charge in [0.2, 0.25) is 0 Å². The minimum Gasteiger partial charge on any atom is -0.468 e. The van der Waals surface area contributed by atoms with Crippen LogP contribution in [0.25, 0.3) is 0 Å². The fraction of sp³-hybridized carbons (Fsp3) is 0.571. The highest BCUT2D eigenvalue weighted by atomic mass is 16.7. The second-order valence-corrected chi connectivity index (χ2v) is 12.6. The van der Waals surface area contributed by atoms with E-state index in [1.807, 2.05) is 71.0 Å². The summed E-state index contributed by atoms with van der Waals surface area (Å²) < 4.78 is 32.4. The molecule has 0 aliphatic rings. The van der Waals surface area contributed by atoms with Crippen LogP contribution < -0.4 is 14.2 Å². The summed E-state index contributed by atoms with van der Waals surface area (Å²) in [7, 11) is 0. The van der Waals surface area contributed by atoms with E-state index < -0.39 is 0 Å². The van der Waals surface area contributed by atoms with Gasteiger partial charge < -0.3 is 28.4 Å². The van der Waals surface area contributed by atoms with Crippen molar-refractivity contribution in [2.45, 2.75) is 132 Å². The Balaban J connectivity index is 0.000000361. The lowest BCUT2D eigenvalue weighted by Gasteiger charge is -2.23. The molecule has 270 valence electrons. The Labute approximate surface area is 293 Å². The number of hydrogen-bond acceptors (Lipinski definition) is 6. The van der Waals surface area contributed by atoms with Gasteiger partial charge in [0.15, 0.2) is 19.4 Å². The normalized spacial score (nSPS) is 13.5. The first-order valence-electron chi connectivity index (χ1n) is 18.0. The fourth-order valence-electron chi connectivity index (χ4n) is 4.54. The minimum absolute atomic E-state index is 0.181. The maximum absolute atomic E-state index is 5.63.